The second-order valence-electron chi connectivity index (χ2n) is 2.48. The van der Waals surface area contributed by atoms with Gasteiger partial charge in [-0.3, -0.25) is 4.79 Å². The minimum atomic E-state index is -0.0302. The molecule has 1 atom stereocenters. The molecule has 0 aliphatic heterocycles. The number of hydrogen-bond acceptors (Lipinski definition) is 2. The van der Waals surface area contributed by atoms with Crippen LogP contribution in [0, 0.1) is 0 Å². The van der Waals surface area contributed by atoms with E-state index in [-0.39, 0.29) is 11.9 Å². The number of thiophene rings is 1. The smallest absolute Gasteiger partial charge is 0.261 e. The maximum Gasteiger partial charge on any atom is 0.261 e. The number of carbonyl (C=O) groups is 1. The summed E-state index contributed by atoms with van der Waals surface area (Å²) in [5.74, 6) is -0.0302. The summed E-state index contributed by atoms with van der Waals surface area (Å²) in [4.78, 5) is 12.1. The van der Waals surface area contributed by atoms with Crippen molar-refractivity contribution in [3.63, 3.8) is 0 Å². The van der Waals surface area contributed by atoms with Crippen LogP contribution in [0.15, 0.2) is 30.2 Å². The quantitative estimate of drug-likeness (QED) is 0.710. The Balaban J connectivity index is 2.55. The summed E-state index contributed by atoms with van der Waals surface area (Å²) < 4.78 is 0. The molecule has 64 valence electrons. The molecule has 0 fully saturated rings. The lowest BCUT2D eigenvalue weighted by atomic mass is 10.3. The fourth-order valence-electron chi connectivity index (χ4n) is 0.745. The highest BCUT2D eigenvalue weighted by Gasteiger charge is 2.06. The lowest BCUT2D eigenvalue weighted by Crippen LogP contribution is -2.30. The zero-order chi connectivity index (χ0) is 8.97. The van der Waals surface area contributed by atoms with Gasteiger partial charge in [-0.15, -0.1) is 17.9 Å². The molecule has 1 rings (SSSR count). The highest BCUT2D eigenvalue weighted by Crippen LogP contribution is 2.07. The first-order valence-electron chi connectivity index (χ1n) is 3.71. The van der Waals surface area contributed by atoms with Crippen LogP contribution in [-0.4, -0.2) is 11.9 Å². The van der Waals surface area contributed by atoms with Crippen molar-refractivity contribution in [3.8, 4) is 0 Å². The summed E-state index contributed by atoms with van der Waals surface area (Å²) in [6, 6.07) is 3.69. The predicted octanol–water partition coefficient (Wildman–Crippen LogP) is 2.05. The zero-order valence-corrected chi connectivity index (χ0v) is 7.73. The highest BCUT2D eigenvalue weighted by molar-refractivity contribution is 7.12. The first-order chi connectivity index (χ1) is 5.74. The first-order valence-corrected chi connectivity index (χ1v) is 4.59. The summed E-state index contributed by atoms with van der Waals surface area (Å²) >= 11 is 1.44. The number of rotatable bonds is 3. The van der Waals surface area contributed by atoms with Crippen molar-refractivity contribution >= 4 is 17.2 Å². The second-order valence-corrected chi connectivity index (χ2v) is 3.42. The molecule has 0 spiro atoms. The average Bonchev–Trinajstić information content (AvgIpc) is 2.56. The van der Waals surface area contributed by atoms with Gasteiger partial charge >= 0.3 is 0 Å². The van der Waals surface area contributed by atoms with Gasteiger partial charge in [-0.1, -0.05) is 12.1 Å². The van der Waals surface area contributed by atoms with Crippen molar-refractivity contribution in [2.75, 3.05) is 0 Å². The van der Waals surface area contributed by atoms with Gasteiger partial charge in [0.05, 0.1) is 4.88 Å². The van der Waals surface area contributed by atoms with Crippen molar-refractivity contribution < 1.29 is 4.79 Å². The molecule has 1 heterocycles. The standard InChI is InChI=1S/C9H11NOS/c1-3-7(2)10-9(11)8-5-4-6-12-8/h3-7H,1H2,2H3,(H,10,11). The molecule has 1 N–H and O–H groups in total. The molecule has 0 saturated heterocycles. The Bertz CT molecular complexity index is 266. The molecule has 1 aromatic heterocycles. The Morgan fingerprint density at radius 1 is 1.83 bits per heavy atom. The molecular formula is C9H11NOS. The minimum Gasteiger partial charge on any atom is -0.345 e. The Morgan fingerprint density at radius 2 is 2.58 bits per heavy atom. The van der Waals surface area contributed by atoms with E-state index in [1.807, 2.05) is 18.4 Å². The molecule has 2 nitrogen and oxygen atoms in total. The van der Waals surface area contributed by atoms with Gasteiger partial charge in [0.1, 0.15) is 0 Å². The van der Waals surface area contributed by atoms with E-state index in [0.29, 0.717) is 0 Å². The number of hydrogen-bond donors (Lipinski definition) is 1. The summed E-state index contributed by atoms with van der Waals surface area (Å²) in [7, 11) is 0. The van der Waals surface area contributed by atoms with E-state index < -0.39 is 0 Å². The van der Waals surface area contributed by atoms with Crippen molar-refractivity contribution in [1.82, 2.24) is 5.32 Å². The van der Waals surface area contributed by atoms with Gasteiger partial charge in [0.25, 0.3) is 5.91 Å². The molecule has 0 aliphatic rings. The third-order valence-electron chi connectivity index (χ3n) is 1.46. The van der Waals surface area contributed by atoms with E-state index >= 15 is 0 Å². The molecule has 0 aromatic carbocycles. The molecule has 1 unspecified atom stereocenters. The van der Waals surface area contributed by atoms with Crippen molar-refractivity contribution in [3.05, 3.63) is 35.0 Å². The third-order valence-corrected chi connectivity index (χ3v) is 2.33. The van der Waals surface area contributed by atoms with E-state index in [2.05, 4.69) is 11.9 Å². The Hall–Kier alpha value is -1.09. The molecule has 0 bridgehead atoms. The van der Waals surface area contributed by atoms with Crippen LogP contribution in [0.3, 0.4) is 0 Å². The summed E-state index contributed by atoms with van der Waals surface area (Å²) in [5.41, 5.74) is 0. The maximum absolute atomic E-state index is 11.3. The van der Waals surface area contributed by atoms with E-state index in [1.54, 1.807) is 12.1 Å². The molecule has 1 amide bonds. The van der Waals surface area contributed by atoms with Gasteiger partial charge in [-0.2, -0.15) is 0 Å². The normalized spacial score (nSPS) is 12.1. The number of amides is 1. The van der Waals surface area contributed by atoms with Crippen LogP contribution in [0.25, 0.3) is 0 Å². The van der Waals surface area contributed by atoms with Gasteiger partial charge in [0.2, 0.25) is 0 Å². The van der Waals surface area contributed by atoms with E-state index in [0.717, 1.165) is 4.88 Å². The zero-order valence-electron chi connectivity index (χ0n) is 6.91. The van der Waals surface area contributed by atoms with Gasteiger partial charge < -0.3 is 5.32 Å². The van der Waals surface area contributed by atoms with Crippen molar-refractivity contribution in [2.45, 2.75) is 13.0 Å². The molecule has 0 radical (unpaired) electrons. The minimum absolute atomic E-state index is 0.0274. The van der Waals surface area contributed by atoms with Gasteiger partial charge in [0.15, 0.2) is 0 Å². The monoisotopic (exact) mass is 181 g/mol. The van der Waals surface area contributed by atoms with E-state index in [1.165, 1.54) is 11.3 Å². The highest BCUT2D eigenvalue weighted by atomic mass is 32.1. The van der Waals surface area contributed by atoms with Crippen LogP contribution in [0.5, 0.6) is 0 Å². The molecular weight excluding hydrogens is 170 g/mol. The van der Waals surface area contributed by atoms with Crippen LogP contribution in [0.1, 0.15) is 16.6 Å². The van der Waals surface area contributed by atoms with Crippen LogP contribution < -0.4 is 5.32 Å². The second kappa shape index (κ2) is 4.07. The van der Waals surface area contributed by atoms with Crippen LogP contribution in [0.2, 0.25) is 0 Å². The maximum atomic E-state index is 11.3. The fourth-order valence-corrected chi connectivity index (χ4v) is 1.37. The lowest BCUT2D eigenvalue weighted by molar-refractivity contribution is 0.0951. The largest absolute Gasteiger partial charge is 0.345 e. The van der Waals surface area contributed by atoms with Crippen LogP contribution >= 0.6 is 11.3 Å². The average molecular weight is 181 g/mol. The predicted molar refractivity (Wildman–Crippen MR) is 51.4 cm³/mol. The number of nitrogens with one attached hydrogen (secondary N) is 1. The van der Waals surface area contributed by atoms with Crippen molar-refractivity contribution in [1.29, 1.82) is 0 Å². The molecule has 0 saturated carbocycles. The number of carbonyl (C=O) groups excluding carboxylic acids is 1. The molecule has 0 aliphatic carbocycles. The summed E-state index contributed by atoms with van der Waals surface area (Å²) in [6.07, 6.45) is 1.70. The van der Waals surface area contributed by atoms with E-state index in [9.17, 15) is 4.79 Å². The van der Waals surface area contributed by atoms with E-state index in [4.69, 9.17) is 0 Å². The Morgan fingerprint density at radius 3 is 3.08 bits per heavy atom. The SMILES string of the molecule is C=CC(C)NC(=O)c1cccs1. The van der Waals surface area contributed by atoms with Gasteiger partial charge in [-0.05, 0) is 18.4 Å². The van der Waals surface area contributed by atoms with Gasteiger partial charge in [-0.25, -0.2) is 0 Å². The Labute approximate surface area is 75.9 Å². The first kappa shape index (κ1) is 9.00. The molecule has 12 heavy (non-hydrogen) atoms. The van der Waals surface area contributed by atoms with Crippen LogP contribution in [-0.2, 0) is 0 Å². The summed E-state index contributed by atoms with van der Waals surface area (Å²) in [6.45, 7) is 5.47. The topological polar surface area (TPSA) is 29.1 Å². The van der Waals surface area contributed by atoms with Gasteiger partial charge in [0, 0.05) is 6.04 Å². The lowest BCUT2D eigenvalue weighted by Gasteiger charge is -2.06. The summed E-state index contributed by atoms with van der Waals surface area (Å²) in [5, 5.41) is 4.67. The van der Waals surface area contributed by atoms with Crippen LogP contribution in [0.4, 0.5) is 0 Å². The third kappa shape index (κ3) is 2.20. The fraction of sp³-hybridized carbons (Fsp3) is 0.222. The molecule has 1 aromatic rings. The molecule has 3 heteroatoms. The Kier molecular flexibility index (Phi) is 3.05. The van der Waals surface area contributed by atoms with Crippen molar-refractivity contribution in [2.24, 2.45) is 0 Å².